The summed E-state index contributed by atoms with van der Waals surface area (Å²) in [6.07, 6.45) is 0. The largest absolute Gasteiger partial charge is 0.330 e. The third kappa shape index (κ3) is 1.62. The van der Waals surface area contributed by atoms with Gasteiger partial charge >= 0.3 is 0 Å². The number of benzene rings is 1. The molecule has 0 saturated heterocycles. The lowest BCUT2D eigenvalue weighted by Crippen LogP contribution is -2.06. The number of hydrogen-bond acceptors (Lipinski definition) is 1. The summed E-state index contributed by atoms with van der Waals surface area (Å²) in [5, 5.41) is 0. The molecule has 0 unspecified atom stereocenters. The van der Waals surface area contributed by atoms with Crippen LogP contribution in [-0.4, -0.2) is 12.5 Å². The first-order chi connectivity index (χ1) is 6.18. The van der Waals surface area contributed by atoms with E-state index in [1.54, 1.807) is 24.3 Å². The van der Waals surface area contributed by atoms with Gasteiger partial charge in [-0.2, -0.15) is 0 Å². The molecule has 2 rings (SSSR count). The fourth-order valence-electron chi connectivity index (χ4n) is 1.80. The summed E-state index contributed by atoms with van der Waals surface area (Å²) in [6, 6.07) is 8.83. The molecule has 1 aromatic rings. The van der Waals surface area contributed by atoms with E-state index in [0.29, 0.717) is 5.56 Å². The van der Waals surface area contributed by atoms with E-state index >= 15 is 0 Å². The Hall–Kier alpha value is -0.670. The maximum atomic E-state index is 13.1. The van der Waals surface area contributed by atoms with Crippen LogP contribution in [0.5, 0.6) is 0 Å². The van der Waals surface area contributed by atoms with E-state index in [9.17, 15) is 8.78 Å². The molecule has 0 aromatic heterocycles. The van der Waals surface area contributed by atoms with Gasteiger partial charge in [0, 0.05) is 12.5 Å². The van der Waals surface area contributed by atoms with Gasteiger partial charge in [0.2, 0.25) is 0 Å². The van der Waals surface area contributed by atoms with Gasteiger partial charge < -0.3 is 5.73 Å². The summed E-state index contributed by atoms with van der Waals surface area (Å²) in [7, 11) is 0. The molecule has 0 spiro atoms. The maximum absolute atomic E-state index is 13.1. The fourth-order valence-corrected chi connectivity index (χ4v) is 1.80. The van der Waals surface area contributed by atoms with E-state index < -0.39 is 17.8 Å². The normalized spacial score (nSPS) is 27.9. The van der Waals surface area contributed by atoms with Crippen LogP contribution in [0.1, 0.15) is 11.5 Å². The van der Waals surface area contributed by atoms with Crippen LogP contribution < -0.4 is 5.73 Å². The summed E-state index contributed by atoms with van der Waals surface area (Å²) < 4.78 is 26.1. The molecule has 1 nitrogen and oxygen atoms in total. The molecule has 0 radical (unpaired) electrons. The Morgan fingerprint density at radius 3 is 2.21 bits per heavy atom. The van der Waals surface area contributed by atoms with Gasteiger partial charge in [-0.05, 0) is 5.56 Å². The third-order valence-electron chi connectivity index (χ3n) is 2.61. The molecule has 2 atom stereocenters. The second kappa shape index (κ2) is 3.83. The minimum atomic E-state index is -2.59. The van der Waals surface area contributed by atoms with Gasteiger partial charge in [0.15, 0.2) is 0 Å². The molecule has 1 aliphatic carbocycles. The SMILES string of the molecule is Cl.NC[C@@H]1[C@H](c2ccccc2)C1(F)F. The van der Waals surface area contributed by atoms with Crippen LogP contribution in [-0.2, 0) is 0 Å². The van der Waals surface area contributed by atoms with Gasteiger partial charge in [-0.25, -0.2) is 8.78 Å². The Kier molecular flexibility index (Phi) is 3.12. The highest BCUT2D eigenvalue weighted by Gasteiger charge is 2.67. The van der Waals surface area contributed by atoms with Crippen molar-refractivity contribution in [2.75, 3.05) is 6.54 Å². The second-order valence-corrected chi connectivity index (χ2v) is 3.41. The summed E-state index contributed by atoms with van der Waals surface area (Å²) in [6.45, 7) is 0.0621. The van der Waals surface area contributed by atoms with Crippen LogP contribution in [0.4, 0.5) is 8.78 Å². The highest BCUT2D eigenvalue weighted by molar-refractivity contribution is 5.85. The zero-order chi connectivity index (χ0) is 9.47. The van der Waals surface area contributed by atoms with Crippen molar-refractivity contribution >= 4 is 12.4 Å². The van der Waals surface area contributed by atoms with Gasteiger partial charge in [-0.1, -0.05) is 30.3 Å². The van der Waals surface area contributed by atoms with Crippen molar-refractivity contribution in [3.8, 4) is 0 Å². The van der Waals surface area contributed by atoms with E-state index in [1.165, 1.54) is 0 Å². The summed E-state index contributed by atoms with van der Waals surface area (Å²) >= 11 is 0. The predicted octanol–water partition coefficient (Wildman–Crippen LogP) is 2.42. The highest BCUT2D eigenvalue weighted by atomic mass is 35.5. The molecule has 2 N–H and O–H groups in total. The maximum Gasteiger partial charge on any atom is 0.260 e. The molecule has 0 bridgehead atoms. The van der Waals surface area contributed by atoms with Crippen LogP contribution in [0.15, 0.2) is 30.3 Å². The zero-order valence-corrected chi connectivity index (χ0v) is 8.31. The molecule has 78 valence electrons. The molecule has 4 heteroatoms. The van der Waals surface area contributed by atoms with Crippen molar-refractivity contribution in [1.29, 1.82) is 0 Å². The Morgan fingerprint density at radius 1 is 1.21 bits per heavy atom. The summed E-state index contributed by atoms with van der Waals surface area (Å²) in [4.78, 5) is 0. The van der Waals surface area contributed by atoms with Gasteiger partial charge in [-0.15, -0.1) is 12.4 Å². The highest BCUT2D eigenvalue weighted by Crippen LogP contribution is 2.60. The molecule has 1 aromatic carbocycles. The van der Waals surface area contributed by atoms with E-state index in [0.717, 1.165) is 0 Å². The van der Waals surface area contributed by atoms with Crippen LogP contribution in [0.3, 0.4) is 0 Å². The second-order valence-electron chi connectivity index (χ2n) is 3.41. The third-order valence-corrected chi connectivity index (χ3v) is 2.61. The monoisotopic (exact) mass is 219 g/mol. The van der Waals surface area contributed by atoms with Crippen molar-refractivity contribution in [3.05, 3.63) is 35.9 Å². The number of halogens is 3. The van der Waals surface area contributed by atoms with Gasteiger partial charge in [-0.3, -0.25) is 0 Å². The molecule has 1 fully saturated rings. The first-order valence-corrected chi connectivity index (χ1v) is 4.30. The predicted molar refractivity (Wildman–Crippen MR) is 53.9 cm³/mol. The Labute approximate surface area is 87.7 Å². The minimum absolute atomic E-state index is 0. The van der Waals surface area contributed by atoms with Crippen molar-refractivity contribution in [1.82, 2.24) is 0 Å². The molecule has 14 heavy (non-hydrogen) atoms. The zero-order valence-electron chi connectivity index (χ0n) is 7.49. The average Bonchev–Trinajstić information content (AvgIpc) is 2.69. The van der Waals surface area contributed by atoms with Crippen LogP contribution in [0.2, 0.25) is 0 Å². The summed E-state index contributed by atoms with van der Waals surface area (Å²) in [5.41, 5.74) is 5.95. The fraction of sp³-hybridized carbons (Fsp3) is 0.400. The lowest BCUT2D eigenvalue weighted by molar-refractivity contribution is 0.0947. The van der Waals surface area contributed by atoms with Crippen molar-refractivity contribution < 1.29 is 8.78 Å². The van der Waals surface area contributed by atoms with Gasteiger partial charge in [0.25, 0.3) is 5.92 Å². The Morgan fingerprint density at radius 2 is 1.79 bits per heavy atom. The lowest BCUT2D eigenvalue weighted by Gasteiger charge is -1.96. The minimum Gasteiger partial charge on any atom is -0.330 e. The number of nitrogens with two attached hydrogens (primary N) is 1. The van der Waals surface area contributed by atoms with Crippen LogP contribution >= 0.6 is 12.4 Å². The van der Waals surface area contributed by atoms with Crippen molar-refractivity contribution in [2.45, 2.75) is 11.8 Å². The first-order valence-electron chi connectivity index (χ1n) is 4.30. The molecule has 1 saturated carbocycles. The standard InChI is InChI=1S/C10H11F2N.ClH/c11-10(12)8(6-13)9(10)7-4-2-1-3-5-7;/h1-5,8-9H,6,13H2;1H/t8-,9+;/m1./s1. The van der Waals surface area contributed by atoms with E-state index in [4.69, 9.17) is 5.73 Å². The van der Waals surface area contributed by atoms with E-state index in [-0.39, 0.29) is 19.0 Å². The molecule has 0 heterocycles. The number of alkyl halides is 2. The van der Waals surface area contributed by atoms with E-state index in [2.05, 4.69) is 0 Å². The molecule has 0 aliphatic heterocycles. The molecule has 1 aliphatic rings. The van der Waals surface area contributed by atoms with Crippen molar-refractivity contribution in [2.24, 2.45) is 11.7 Å². The van der Waals surface area contributed by atoms with Crippen LogP contribution in [0, 0.1) is 5.92 Å². The number of hydrogen-bond donors (Lipinski definition) is 1. The average molecular weight is 220 g/mol. The molecular formula is C10H12ClF2N. The smallest absolute Gasteiger partial charge is 0.260 e. The molecular weight excluding hydrogens is 208 g/mol. The first kappa shape index (κ1) is 11.4. The topological polar surface area (TPSA) is 26.0 Å². The number of rotatable bonds is 2. The van der Waals surface area contributed by atoms with Gasteiger partial charge in [0.05, 0.1) is 5.92 Å². The van der Waals surface area contributed by atoms with Gasteiger partial charge in [0.1, 0.15) is 0 Å². The summed E-state index contributed by atoms with van der Waals surface area (Å²) in [5.74, 6) is -3.90. The lowest BCUT2D eigenvalue weighted by atomic mass is 10.1. The van der Waals surface area contributed by atoms with E-state index in [1.807, 2.05) is 6.07 Å². The van der Waals surface area contributed by atoms with Crippen molar-refractivity contribution in [3.63, 3.8) is 0 Å². The Bertz CT molecular complexity index is 302. The Balaban J connectivity index is 0.000000980. The van der Waals surface area contributed by atoms with Crippen LogP contribution in [0.25, 0.3) is 0 Å². The quantitative estimate of drug-likeness (QED) is 0.812. The molecule has 0 amide bonds.